The molecule has 0 spiro atoms. The lowest BCUT2D eigenvalue weighted by Crippen LogP contribution is -1.97. The van der Waals surface area contributed by atoms with Crippen LogP contribution in [0.3, 0.4) is 0 Å². The smallest absolute Gasteiger partial charge is 0.0923 e. The number of hydrogen-bond acceptors (Lipinski definition) is 1. The summed E-state index contributed by atoms with van der Waals surface area (Å²) in [6.07, 6.45) is 5.91. The van der Waals surface area contributed by atoms with Crippen LogP contribution in [0.5, 0.6) is 0 Å². The SMILES string of the molecule is CCCCCn1cc2ccccc2n1. The van der Waals surface area contributed by atoms with Gasteiger partial charge in [-0.3, -0.25) is 4.68 Å². The minimum Gasteiger partial charge on any atom is -0.272 e. The maximum Gasteiger partial charge on any atom is 0.0923 e. The number of hydrogen-bond donors (Lipinski definition) is 0. The first kappa shape index (κ1) is 9.25. The third-order valence-corrected chi connectivity index (χ3v) is 2.45. The Kier molecular flexibility index (Phi) is 2.82. The number of aryl methyl sites for hydroxylation is 1. The monoisotopic (exact) mass is 188 g/mol. The van der Waals surface area contributed by atoms with E-state index in [0.717, 1.165) is 12.1 Å². The van der Waals surface area contributed by atoms with Crippen LogP contribution in [0.2, 0.25) is 0 Å². The number of rotatable bonds is 4. The van der Waals surface area contributed by atoms with E-state index in [-0.39, 0.29) is 0 Å². The molecule has 2 aromatic rings. The van der Waals surface area contributed by atoms with Crippen molar-refractivity contribution in [2.24, 2.45) is 0 Å². The maximum atomic E-state index is 4.50. The molecule has 0 atom stereocenters. The van der Waals surface area contributed by atoms with E-state index in [0.29, 0.717) is 0 Å². The first-order chi connectivity index (χ1) is 6.90. The summed E-state index contributed by atoms with van der Waals surface area (Å²) < 4.78 is 2.06. The van der Waals surface area contributed by atoms with Gasteiger partial charge in [0.2, 0.25) is 0 Å². The summed E-state index contributed by atoms with van der Waals surface area (Å²) in [5.74, 6) is 0. The van der Waals surface area contributed by atoms with E-state index in [1.165, 1.54) is 24.6 Å². The number of fused-ring (bicyclic) bond motifs is 1. The molecule has 0 aliphatic rings. The Bertz CT molecular complexity index is 370. The van der Waals surface area contributed by atoms with E-state index in [4.69, 9.17) is 0 Å². The van der Waals surface area contributed by atoms with Crippen molar-refractivity contribution in [3.8, 4) is 0 Å². The van der Waals surface area contributed by atoms with Gasteiger partial charge in [0.05, 0.1) is 5.52 Å². The van der Waals surface area contributed by atoms with Crippen LogP contribution in [-0.2, 0) is 6.54 Å². The molecule has 0 amide bonds. The fourth-order valence-corrected chi connectivity index (χ4v) is 1.65. The summed E-state index contributed by atoms with van der Waals surface area (Å²) in [6.45, 7) is 3.27. The predicted molar refractivity (Wildman–Crippen MR) is 59.3 cm³/mol. The van der Waals surface area contributed by atoms with E-state index in [1.54, 1.807) is 0 Å². The lowest BCUT2D eigenvalue weighted by atomic mass is 10.2. The summed E-state index contributed by atoms with van der Waals surface area (Å²) in [4.78, 5) is 0. The molecular weight excluding hydrogens is 172 g/mol. The zero-order chi connectivity index (χ0) is 9.80. The Labute approximate surface area is 84.5 Å². The molecule has 0 N–H and O–H groups in total. The summed E-state index contributed by atoms with van der Waals surface area (Å²) in [6, 6.07) is 8.26. The summed E-state index contributed by atoms with van der Waals surface area (Å²) in [5, 5.41) is 5.74. The molecule has 0 fully saturated rings. The first-order valence-electron chi connectivity index (χ1n) is 5.32. The van der Waals surface area contributed by atoms with Crippen LogP contribution in [0.25, 0.3) is 10.9 Å². The third kappa shape index (κ3) is 1.95. The molecule has 14 heavy (non-hydrogen) atoms. The number of benzene rings is 1. The van der Waals surface area contributed by atoms with Crippen molar-refractivity contribution in [3.63, 3.8) is 0 Å². The normalized spacial score (nSPS) is 10.9. The van der Waals surface area contributed by atoms with Crippen molar-refractivity contribution in [3.05, 3.63) is 30.5 Å². The van der Waals surface area contributed by atoms with Crippen LogP contribution in [0, 0.1) is 0 Å². The van der Waals surface area contributed by atoms with Crippen LogP contribution >= 0.6 is 0 Å². The van der Waals surface area contributed by atoms with Gasteiger partial charge in [-0.15, -0.1) is 0 Å². The Hall–Kier alpha value is -1.31. The predicted octanol–water partition coefficient (Wildman–Crippen LogP) is 3.23. The maximum absolute atomic E-state index is 4.50. The molecule has 0 aliphatic carbocycles. The van der Waals surface area contributed by atoms with Gasteiger partial charge < -0.3 is 0 Å². The van der Waals surface area contributed by atoms with Crippen molar-refractivity contribution >= 4 is 10.9 Å². The number of unbranched alkanes of at least 4 members (excludes halogenated alkanes) is 2. The van der Waals surface area contributed by atoms with Crippen molar-refractivity contribution in [2.75, 3.05) is 0 Å². The quantitative estimate of drug-likeness (QED) is 0.673. The van der Waals surface area contributed by atoms with Crippen LogP contribution in [0.15, 0.2) is 30.5 Å². The molecule has 2 heteroatoms. The zero-order valence-electron chi connectivity index (χ0n) is 8.61. The fourth-order valence-electron chi connectivity index (χ4n) is 1.65. The third-order valence-electron chi connectivity index (χ3n) is 2.45. The molecule has 2 rings (SSSR count). The van der Waals surface area contributed by atoms with E-state index in [1.807, 2.05) is 6.07 Å². The van der Waals surface area contributed by atoms with E-state index < -0.39 is 0 Å². The van der Waals surface area contributed by atoms with Gasteiger partial charge >= 0.3 is 0 Å². The molecule has 0 saturated heterocycles. The molecule has 0 aliphatic heterocycles. The zero-order valence-corrected chi connectivity index (χ0v) is 8.61. The van der Waals surface area contributed by atoms with Gasteiger partial charge in [0, 0.05) is 18.1 Å². The molecule has 2 nitrogen and oxygen atoms in total. The highest BCUT2D eigenvalue weighted by Gasteiger charge is 1.97. The Morgan fingerprint density at radius 1 is 1.21 bits per heavy atom. The molecule has 74 valence electrons. The van der Waals surface area contributed by atoms with Gasteiger partial charge in [-0.2, -0.15) is 5.10 Å². The van der Waals surface area contributed by atoms with Crippen molar-refractivity contribution in [2.45, 2.75) is 32.7 Å². The van der Waals surface area contributed by atoms with E-state index in [2.05, 4.69) is 41.1 Å². The highest BCUT2D eigenvalue weighted by atomic mass is 15.3. The second-order valence-electron chi connectivity index (χ2n) is 3.66. The Balaban J connectivity index is 2.11. The van der Waals surface area contributed by atoms with Gasteiger partial charge in [0.25, 0.3) is 0 Å². The standard InChI is InChI=1S/C12H16N2/c1-2-3-6-9-14-10-11-7-4-5-8-12(11)13-14/h4-5,7-8,10H,2-3,6,9H2,1H3. The Morgan fingerprint density at radius 2 is 2.07 bits per heavy atom. The first-order valence-corrected chi connectivity index (χ1v) is 5.32. The van der Waals surface area contributed by atoms with Gasteiger partial charge in [0.1, 0.15) is 0 Å². The largest absolute Gasteiger partial charge is 0.272 e. The average Bonchev–Trinajstić information content (AvgIpc) is 2.60. The van der Waals surface area contributed by atoms with E-state index >= 15 is 0 Å². The topological polar surface area (TPSA) is 17.8 Å². The number of aromatic nitrogens is 2. The van der Waals surface area contributed by atoms with E-state index in [9.17, 15) is 0 Å². The van der Waals surface area contributed by atoms with Crippen molar-refractivity contribution < 1.29 is 0 Å². The lowest BCUT2D eigenvalue weighted by Gasteiger charge is -1.98. The van der Waals surface area contributed by atoms with Crippen LogP contribution in [0.1, 0.15) is 26.2 Å². The Morgan fingerprint density at radius 3 is 2.86 bits per heavy atom. The summed E-state index contributed by atoms with van der Waals surface area (Å²) in [5.41, 5.74) is 1.10. The van der Waals surface area contributed by atoms with Crippen LogP contribution in [0.4, 0.5) is 0 Å². The van der Waals surface area contributed by atoms with Crippen LogP contribution < -0.4 is 0 Å². The molecule has 0 saturated carbocycles. The molecule has 0 radical (unpaired) electrons. The summed E-state index contributed by atoms with van der Waals surface area (Å²) >= 11 is 0. The molecule has 1 aromatic carbocycles. The van der Waals surface area contributed by atoms with Crippen molar-refractivity contribution in [1.82, 2.24) is 9.78 Å². The van der Waals surface area contributed by atoms with Gasteiger partial charge in [-0.1, -0.05) is 38.0 Å². The second-order valence-corrected chi connectivity index (χ2v) is 3.66. The molecule has 1 heterocycles. The molecule has 1 aromatic heterocycles. The molecule has 0 bridgehead atoms. The minimum absolute atomic E-state index is 1.04. The molecular formula is C12H16N2. The van der Waals surface area contributed by atoms with Crippen molar-refractivity contribution in [1.29, 1.82) is 0 Å². The van der Waals surface area contributed by atoms with Gasteiger partial charge in [-0.25, -0.2) is 0 Å². The van der Waals surface area contributed by atoms with Gasteiger partial charge in [0.15, 0.2) is 0 Å². The van der Waals surface area contributed by atoms with Gasteiger partial charge in [-0.05, 0) is 12.5 Å². The fraction of sp³-hybridized carbons (Fsp3) is 0.417. The average molecular weight is 188 g/mol. The van der Waals surface area contributed by atoms with Crippen LogP contribution in [-0.4, -0.2) is 9.78 Å². The summed E-state index contributed by atoms with van der Waals surface area (Å²) in [7, 11) is 0. The molecule has 0 unspecified atom stereocenters. The highest BCUT2D eigenvalue weighted by molar-refractivity contribution is 5.77. The second kappa shape index (κ2) is 4.27. The highest BCUT2D eigenvalue weighted by Crippen LogP contribution is 2.11. The number of nitrogens with zero attached hydrogens (tertiary/aromatic N) is 2. The minimum atomic E-state index is 1.04. The lowest BCUT2D eigenvalue weighted by molar-refractivity contribution is 0.557.